The first-order valence-electron chi connectivity index (χ1n) is 11.0. The second kappa shape index (κ2) is 12.6. The highest BCUT2D eigenvalue weighted by Crippen LogP contribution is 2.31. The van der Waals surface area contributed by atoms with Gasteiger partial charge in [-0.25, -0.2) is 4.98 Å². The smallest absolute Gasteiger partial charge is 0.229 e. The molecule has 8 nitrogen and oxygen atoms in total. The number of aliphatic hydroxyl groups excluding tert-OH is 1. The van der Waals surface area contributed by atoms with Crippen molar-refractivity contribution in [2.75, 3.05) is 43.4 Å². The summed E-state index contributed by atoms with van der Waals surface area (Å²) >= 11 is 1.61. The first kappa shape index (κ1) is 25.1. The van der Waals surface area contributed by atoms with Crippen LogP contribution in [0.2, 0.25) is 0 Å². The molecule has 0 bridgehead atoms. The summed E-state index contributed by atoms with van der Waals surface area (Å²) in [5, 5.41) is 17.9. The van der Waals surface area contributed by atoms with E-state index in [1.165, 1.54) is 0 Å². The number of thiophene rings is 1. The molecule has 0 aliphatic carbocycles. The van der Waals surface area contributed by atoms with Crippen LogP contribution >= 0.6 is 11.3 Å². The largest absolute Gasteiger partial charge is 0.440 e. The van der Waals surface area contributed by atoms with Crippen LogP contribution in [0, 0.1) is 0 Å². The Morgan fingerprint density at radius 1 is 1.21 bits per heavy atom. The van der Waals surface area contributed by atoms with E-state index in [-0.39, 0.29) is 12.6 Å². The van der Waals surface area contributed by atoms with Crippen molar-refractivity contribution in [3.05, 3.63) is 48.0 Å². The van der Waals surface area contributed by atoms with Crippen molar-refractivity contribution in [2.24, 2.45) is 4.36 Å². The van der Waals surface area contributed by atoms with Gasteiger partial charge in [-0.15, -0.1) is 11.3 Å². The zero-order valence-electron chi connectivity index (χ0n) is 19.2. The molecule has 0 unspecified atom stereocenters. The molecule has 3 aromatic rings. The lowest BCUT2D eigenvalue weighted by molar-refractivity contribution is 0.281. The molecule has 0 saturated heterocycles. The van der Waals surface area contributed by atoms with Crippen molar-refractivity contribution in [3.63, 3.8) is 0 Å². The summed E-state index contributed by atoms with van der Waals surface area (Å²) in [6.07, 6.45) is 1.77. The van der Waals surface area contributed by atoms with Gasteiger partial charge in [-0.1, -0.05) is 36.9 Å². The molecule has 0 aliphatic rings. The molecule has 0 aliphatic heterocycles. The van der Waals surface area contributed by atoms with E-state index in [1.807, 2.05) is 36.6 Å². The van der Waals surface area contributed by atoms with Crippen molar-refractivity contribution in [3.8, 4) is 10.4 Å². The van der Waals surface area contributed by atoms with Crippen LogP contribution in [-0.4, -0.2) is 58.8 Å². The second-order valence-corrected chi connectivity index (χ2v) is 9.61. The number of nitrogens with one attached hydrogen (secondary N) is 2. The minimum absolute atomic E-state index is 0.00474. The molecular formula is C23H31N6O2S2-. The Kier molecular flexibility index (Phi) is 9.61. The summed E-state index contributed by atoms with van der Waals surface area (Å²) in [5.74, 6) is 1.09. The number of benzene rings is 1. The molecule has 33 heavy (non-hydrogen) atoms. The van der Waals surface area contributed by atoms with Crippen LogP contribution in [0.25, 0.3) is 10.4 Å². The first-order valence-corrected chi connectivity index (χ1v) is 13.0. The molecule has 3 rings (SSSR count). The van der Waals surface area contributed by atoms with Gasteiger partial charge in [-0.3, -0.25) is 0 Å². The van der Waals surface area contributed by atoms with Crippen LogP contribution < -0.4 is 10.6 Å². The molecule has 3 N–H and O–H groups in total. The summed E-state index contributed by atoms with van der Waals surface area (Å²) in [7, 11) is -1.38. The summed E-state index contributed by atoms with van der Waals surface area (Å²) in [6.45, 7) is 9.38. The molecule has 0 fully saturated rings. The highest BCUT2D eigenvalue weighted by atomic mass is 32.2. The third-order valence-corrected chi connectivity index (χ3v) is 7.06. The fraction of sp³-hybridized carbons (Fsp3) is 0.391. The maximum Gasteiger partial charge on any atom is 0.229 e. The second-order valence-electron chi connectivity index (χ2n) is 7.44. The number of anilines is 3. The standard InChI is InChI=1S/C23H31N6O2S2/c1-4-29(5-2)13-12-25-33(31)19-10-8-18(9-11-19)27-23-24-15-20(21-7-6-14-32-21)22(28-23)26-17(3)16-30/h6-11,14-15,17,30H,4-5,12-13,16H2,1-3H3,(H2,24,26,27,28)/q-1/t17-/m1/s1. The van der Waals surface area contributed by atoms with Crippen LogP contribution in [0.15, 0.2) is 57.2 Å². The van der Waals surface area contributed by atoms with Crippen molar-refractivity contribution >= 4 is 39.4 Å². The Labute approximate surface area is 201 Å². The summed E-state index contributed by atoms with van der Waals surface area (Å²) in [6, 6.07) is 11.1. The van der Waals surface area contributed by atoms with Crippen molar-refractivity contribution in [1.82, 2.24) is 14.9 Å². The Hall–Kier alpha value is -2.53. The predicted octanol–water partition coefficient (Wildman–Crippen LogP) is 4.59. The van der Waals surface area contributed by atoms with Gasteiger partial charge in [0.15, 0.2) is 0 Å². The quantitative estimate of drug-likeness (QED) is 0.321. The van der Waals surface area contributed by atoms with Crippen molar-refractivity contribution < 1.29 is 9.32 Å². The molecule has 2 aromatic heterocycles. The van der Waals surface area contributed by atoms with E-state index in [2.05, 4.69) is 43.7 Å². The SMILES string of the molecule is CCN(CC)CCN=[S-](=O)c1ccc(Nc2ncc(-c3cccs3)c(N[C@H](C)CO)n2)cc1. The van der Waals surface area contributed by atoms with Crippen molar-refractivity contribution in [2.45, 2.75) is 31.7 Å². The van der Waals surface area contributed by atoms with E-state index in [0.717, 1.165) is 35.8 Å². The molecule has 0 spiro atoms. The Bertz CT molecular complexity index is 1080. The van der Waals surface area contributed by atoms with Crippen LogP contribution in [0.4, 0.5) is 17.5 Å². The Balaban J connectivity index is 1.71. The highest BCUT2D eigenvalue weighted by molar-refractivity contribution is 7.74. The van der Waals surface area contributed by atoms with Crippen LogP contribution in [-0.2, 0) is 14.8 Å². The van der Waals surface area contributed by atoms with Gasteiger partial charge in [0.1, 0.15) is 5.82 Å². The van der Waals surface area contributed by atoms with Crippen LogP contribution in [0.5, 0.6) is 0 Å². The molecule has 0 saturated carbocycles. The lowest BCUT2D eigenvalue weighted by Gasteiger charge is -2.17. The third-order valence-electron chi connectivity index (χ3n) is 5.06. The number of hydrogen-bond donors (Lipinski definition) is 3. The maximum absolute atomic E-state index is 12.5. The number of nitrogens with zero attached hydrogens (tertiary/aromatic N) is 4. The number of aromatic nitrogens is 2. The molecule has 10 heteroatoms. The number of hydrogen-bond acceptors (Lipinski definition) is 10. The van der Waals surface area contributed by atoms with Gasteiger partial charge in [-0.05, 0) is 43.6 Å². The average molecular weight is 488 g/mol. The summed E-state index contributed by atoms with van der Waals surface area (Å²) in [5.41, 5.74) is 1.66. The first-order chi connectivity index (χ1) is 16.0. The van der Waals surface area contributed by atoms with E-state index >= 15 is 0 Å². The van der Waals surface area contributed by atoms with E-state index in [1.54, 1.807) is 29.7 Å². The van der Waals surface area contributed by atoms with Gasteiger partial charge >= 0.3 is 0 Å². The molecule has 1 aromatic carbocycles. The van der Waals surface area contributed by atoms with Gasteiger partial charge in [0.25, 0.3) is 0 Å². The summed E-state index contributed by atoms with van der Waals surface area (Å²) in [4.78, 5) is 13.0. The highest BCUT2D eigenvalue weighted by Gasteiger charge is 2.12. The van der Waals surface area contributed by atoms with Gasteiger partial charge < -0.3 is 29.2 Å². The number of aliphatic hydroxyl groups is 1. The maximum atomic E-state index is 12.5. The predicted molar refractivity (Wildman–Crippen MR) is 137 cm³/mol. The average Bonchev–Trinajstić information content (AvgIpc) is 3.37. The lowest BCUT2D eigenvalue weighted by atomic mass is 10.2. The fourth-order valence-electron chi connectivity index (χ4n) is 3.11. The normalized spacial score (nSPS) is 13.2. The lowest BCUT2D eigenvalue weighted by Crippen LogP contribution is -2.25. The van der Waals surface area contributed by atoms with Gasteiger partial charge in [0.2, 0.25) is 5.95 Å². The van der Waals surface area contributed by atoms with E-state index < -0.39 is 10.6 Å². The van der Waals surface area contributed by atoms with Crippen molar-refractivity contribution in [1.29, 1.82) is 0 Å². The molecule has 178 valence electrons. The third kappa shape index (κ3) is 7.23. The van der Waals surface area contributed by atoms with E-state index in [0.29, 0.717) is 23.2 Å². The van der Waals surface area contributed by atoms with Gasteiger partial charge in [0, 0.05) is 35.9 Å². The minimum atomic E-state index is -1.38. The van der Waals surface area contributed by atoms with Gasteiger partial charge in [0.05, 0.1) is 12.2 Å². The van der Waals surface area contributed by atoms with Crippen LogP contribution in [0.3, 0.4) is 0 Å². The summed E-state index contributed by atoms with van der Waals surface area (Å²) < 4.78 is 16.7. The van der Waals surface area contributed by atoms with E-state index in [4.69, 9.17) is 0 Å². The number of likely N-dealkylation sites (N-methyl/N-ethyl adjacent to an activating group) is 1. The molecule has 2 heterocycles. The Morgan fingerprint density at radius 2 is 1.97 bits per heavy atom. The minimum Gasteiger partial charge on any atom is -0.440 e. The zero-order valence-corrected chi connectivity index (χ0v) is 20.8. The molecular weight excluding hydrogens is 456 g/mol. The van der Waals surface area contributed by atoms with Gasteiger partial charge in [-0.2, -0.15) is 15.6 Å². The van der Waals surface area contributed by atoms with Crippen LogP contribution in [0.1, 0.15) is 20.8 Å². The Morgan fingerprint density at radius 3 is 2.61 bits per heavy atom. The zero-order chi connectivity index (χ0) is 23.6. The van der Waals surface area contributed by atoms with E-state index in [9.17, 15) is 9.32 Å². The molecule has 0 amide bonds. The fourth-order valence-corrected chi connectivity index (χ4v) is 4.61. The monoisotopic (exact) mass is 487 g/mol. The number of rotatable bonds is 12. The molecule has 0 radical (unpaired) electrons. The molecule has 1 atom stereocenters. The topological polar surface area (TPSA) is 103 Å².